The lowest BCUT2D eigenvalue weighted by atomic mass is 9.85. The summed E-state index contributed by atoms with van der Waals surface area (Å²) in [6.07, 6.45) is 3.76. The van der Waals surface area contributed by atoms with Gasteiger partial charge >= 0.3 is 0 Å². The van der Waals surface area contributed by atoms with Crippen molar-refractivity contribution in [3.8, 4) is 5.75 Å². The van der Waals surface area contributed by atoms with E-state index in [2.05, 4.69) is 31.6 Å². The Morgan fingerprint density at radius 2 is 1.55 bits per heavy atom. The van der Waals surface area contributed by atoms with Gasteiger partial charge in [-0.3, -0.25) is 25.1 Å². The van der Waals surface area contributed by atoms with E-state index in [4.69, 9.17) is 21.2 Å². The van der Waals surface area contributed by atoms with Gasteiger partial charge in [0.15, 0.2) is 5.69 Å². The van der Waals surface area contributed by atoms with E-state index in [1.807, 2.05) is 60.7 Å². The van der Waals surface area contributed by atoms with Crippen LogP contribution in [0.5, 0.6) is 5.75 Å². The number of hydrazone groups is 1. The lowest BCUT2D eigenvalue weighted by Crippen LogP contribution is -2.45. The lowest BCUT2D eigenvalue weighted by molar-refractivity contribution is -0.123. The lowest BCUT2D eigenvalue weighted by Gasteiger charge is -2.32. The number of hydrazine groups is 1. The van der Waals surface area contributed by atoms with Crippen LogP contribution in [0.4, 0.5) is 5.69 Å². The average molecular weight is 668 g/mol. The standard InChI is InChI=1S/C35H41N9O5/c36-41-35(42-37)40-33(46)29-19-30(34(47)39-28-17-9-10-18-31(28)49-22-25-13-5-2-6-14-25)44(43-29)20-32(45)38-27-16-8-7-15-26(27)23-48-21-24-11-3-1-4-12-24/h1-6,9-14,17-19,26-27H,7-8,15-16,20-23,36-37H2,(H,38,45)(H,39,47)(H2,40,41,42,46)/t26-,27+/m1/s1. The molecular weight excluding hydrogens is 626 g/mol. The first kappa shape index (κ1) is 34.6. The summed E-state index contributed by atoms with van der Waals surface area (Å²) in [5, 5.41) is 16.0. The van der Waals surface area contributed by atoms with Gasteiger partial charge in [0, 0.05) is 18.0 Å². The maximum Gasteiger partial charge on any atom is 0.278 e. The Hall–Kier alpha value is -5.73. The largest absolute Gasteiger partial charge is 0.487 e. The van der Waals surface area contributed by atoms with E-state index in [9.17, 15) is 14.4 Å². The number of nitrogens with two attached hydrogens (primary N) is 2. The minimum absolute atomic E-state index is 0.0310. The maximum absolute atomic E-state index is 13.7. The van der Waals surface area contributed by atoms with E-state index in [1.54, 1.807) is 24.3 Å². The zero-order valence-corrected chi connectivity index (χ0v) is 27.0. The summed E-state index contributed by atoms with van der Waals surface area (Å²) >= 11 is 0. The van der Waals surface area contributed by atoms with Crippen molar-refractivity contribution in [2.24, 2.45) is 22.7 Å². The Balaban J connectivity index is 1.30. The second-order valence-electron chi connectivity index (χ2n) is 11.6. The smallest absolute Gasteiger partial charge is 0.278 e. The summed E-state index contributed by atoms with van der Waals surface area (Å²) in [6, 6.07) is 27.7. The van der Waals surface area contributed by atoms with Crippen LogP contribution in [0.3, 0.4) is 0 Å². The first-order chi connectivity index (χ1) is 23.9. The number of guanidine groups is 1. The number of amides is 3. The molecule has 0 saturated heterocycles. The molecule has 1 aromatic heterocycles. The molecule has 2 atom stereocenters. The Kier molecular flexibility index (Phi) is 12.3. The maximum atomic E-state index is 13.7. The van der Waals surface area contributed by atoms with Gasteiger partial charge in [0.2, 0.25) is 11.9 Å². The fourth-order valence-electron chi connectivity index (χ4n) is 5.61. The van der Waals surface area contributed by atoms with Crippen molar-refractivity contribution in [2.45, 2.75) is 51.5 Å². The van der Waals surface area contributed by atoms with Gasteiger partial charge in [0.05, 0.1) is 18.9 Å². The summed E-state index contributed by atoms with van der Waals surface area (Å²) in [4.78, 5) is 40.1. The van der Waals surface area contributed by atoms with Crippen molar-refractivity contribution in [2.75, 3.05) is 11.9 Å². The highest BCUT2D eigenvalue weighted by Gasteiger charge is 2.28. The van der Waals surface area contributed by atoms with Crippen molar-refractivity contribution in [1.82, 2.24) is 25.8 Å². The first-order valence-corrected chi connectivity index (χ1v) is 16.0. The number of nitrogens with one attached hydrogen (secondary N) is 4. The van der Waals surface area contributed by atoms with Gasteiger partial charge in [-0.15, -0.1) is 5.10 Å². The monoisotopic (exact) mass is 667 g/mol. The van der Waals surface area contributed by atoms with E-state index in [0.29, 0.717) is 24.7 Å². The molecule has 5 rings (SSSR count). The number of anilines is 1. The van der Waals surface area contributed by atoms with E-state index >= 15 is 0 Å². The number of carbonyl (C=O) groups is 3. The number of para-hydroxylation sites is 2. The molecule has 0 spiro atoms. The third kappa shape index (κ3) is 9.89. The second kappa shape index (κ2) is 17.4. The van der Waals surface area contributed by atoms with E-state index in [1.165, 1.54) is 10.7 Å². The molecule has 14 nitrogen and oxygen atoms in total. The molecule has 0 aliphatic heterocycles. The van der Waals surface area contributed by atoms with Gasteiger partial charge in [0.25, 0.3) is 11.8 Å². The fraction of sp³-hybridized carbons (Fsp3) is 0.286. The van der Waals surface area contributed by atoms with E-state index in [0.717, 1.165) is 36.8 Å². The van der Waals surface area contributed by atoms with Crippen molar-refractivity contribution in [1.29, 1.82) is 0 Å². The molecule has 49 heavy (non-hydrogen) atoms. The average Bonchev–Trinajstić information content (AvgIpc) is 3.55. The highest BCUT2D eigenvalue weighted by Crippen LogP contribution is 2.27. The summed E-state index contributed by atoms with van der Waals surface area (Å²) in [6.45, 7) is 0.968. The van der Waals surface area contributed by atoms with E-state index < -0.39 is 11.8 Å². The molecule has 1 heterocycles. The third-order valence-electron chi connectivity index (χ3n) is 8.11. The van der Waals surface area contributed by atoms with Crippen LogP contribution in [-0.4, -0.2) is 46.1 Å². The zero-order valence-electron chi connectivity index (χ0n) is 27.0. The quantitative estimate of drug-likeness (QED) is 0.0537. The molecule has 4 aromatic rings. The number of carbonyl (C=O) groups excluding carboxylic acids is 3. The number of benzene rings is 3. The van der Waals surface area contributed by atoms with Gasteiger partial charge in [0.1, 0.15) is 24.6 Å². The fourth-order valence-corrected chi connectivity index (χ4v) is 5.61. The minimum atomic E-state index is -0.745. The van der Waals surface area contributed by atoms with Crippen LogP contribution in [-0.2, 0) is 29.3 Å². The summed E-state index contributed by atoms with van der Waals surface area (Å²) in [5.74, 6) is 9.24. The van der Waals surface area contributed by atoms with Gasteiger partial charge in [-0.05, 0) is 36.1 Å². The van der Waals surface area contributed by atoms with Crippen molar-refractivity contribution < 1.29 is 23.9 Å². The molecule has 0 unspecified atom stereocenters. The normalized spacial score (nSPS) is 16.0. The van der Waals surface area contributed by atoms with Gasteiger partial charge in [-0.2, -0.15) is 5.10 Å². The van der Waals surface area contributed by atoms with Gasteiger partial charge in [-0.1, -0.05) is 85.6 Å². The molecule has 3 amide bonds. The predicted octanol–water partition coefficient (Wildman–Crippen LogP) is 3.03. The zero-order chi connectivity index (χ0) is 34.4. The van der Waals surface area contributed by atoms with Crippen LogP contribution < -0.4 is 37.8 Å². The van der Waals surface area contributed by atoms with Crippen molar-refractivity contribution in [3.63, 3.8) is 0 Å². The molecule has 14 heteroatoms. The molecule has 1 fully saturated rings. The topological polar surface area (TPSA) is 200 Å². The SMILES string of the molecule is N/N=C(\NN)NC(=O)c1cc(C(=O)Nc2ccccc2OCc2ccccc2)n(CC(=O)N[C@H]2CCCC[C@@H]2COCc2ccccc2)n1. The summed E-state index contributed by atoms with van der Waals surface area (Å²) in [5.41, 5.74) is 4.41. The highest BCUT2D eigenvalue weighted by molar-refractivity contribution is 6.08. The molecule has 256 valence electrons. The van der Waals surface area contributed by atoms with Crippen LogP contribution in [0.1, 0.15) is 57.8 Å². The predicted molar refractivity (Wildman–Crippen MR) is 184 cm³/mol. The molecule has 0 radical (unpaired) electrons. The molecule has 8 N–H and O–H groups in total. The third-order valence-corrected chi connectivity index (χ3v) is 8.11. The molecule has 0 bridgehead atoms. The number of rotatable bonds is 13. The van der Waals surface area contributed by atoms with Crippen molar-refractivity contribution >= 4 is 29.4 Å². The minimum Gasteiger partial charge on any atom is -0.487 e. The van der Waals surface area contributed by atoms with Gasteiger partial charge < -0.3 is 25.9 Å². The summed E-state index contributed by atoms with van der Waals surface area (Å²) < 4.78 is 13.2. The Labute approximate surface area is 284 Å². The molecular formula is C35H41N9O5. The second-order valence-corrected chi connectivity index (χ2v) is 11.6. The van der Waals surface area contributed by atoms with Crippen LogP contribution in [0.25, 0.3) is 0 Å². The van der Waals surface area contributed by atoms with Crippen LogP contribution >= 0.6 is 0 Å². The Morgan fingerprint density at radius 3 is 2.27 bits per heavy atom. The Bertz CT molecular complexity index is 1730. The van der Waals surface area contributed by atoms with Crippen molar-refractivity contribution in [3.05, 3.63) is 114 Å². The van der Waals surface area contributed by atoms with E-state index in [-0.39, 0.29) is 48.4 Å². The van der Waals surface area contributed by atoms with Crippen LogP contribution in [0.15, 0.2) is 96.1 Å². The molecule has 3 aromatic carbocycles. The molecule has 1 saturated carbocycles. The first-order valence-electron chi connectivity index (χ1n) is 16.0. The highest BCUT2D eigenvalue weighted by atomic mass is 16.5. The molecule has 1 aliphatic carbocycles. The number of nitrogens with zero attached hydrogens (tertiary/aromatic N) is 3. The number of ether oxygens (including phenoxy) is 2. The van der Waals surface area contributed by atoms with Crippen LogP contribution in [0.2, 0.25) is 0 Å². The summed E-state index contributed by atoms with van der Waals surface area (Å²) in [7, 11) is 0. The van der Waals surface area contributed by atoms with Crippen LogP contribution in [0, 0.1) is 5.92 Å². The molecule has 1 aliphatic rings. The number of hydrogen-bond donors (Lipinski definition) is 6. The number of aromatic nitrogens is 2. The van der Waals surface area contributed by atoms with Gasteiger partial charge in [-0.25, -0.2) is 10.5 Å². The number of hydrogen-bond acceptors (Lipinski definition) is 9. The Morgan fingerprint density at radius 1 is 0.878 bits per heavy atom.